The minimum absolute atomic E-state index is 0.923. The first-order chi connectivity index (χ1) is 10.3. The minimum atomic E-state index is 0.923. The highest BCUT2D eigenvalue weighted by atomic mass is 15.2. The van der Waals surface area contributed by atoms with E-state index in [1.807, 2.05) is 18.2 Å². The number of hydrogen-bond donors (Lipinski definition) is 0. The van der Waals surface area contributed by atoms with E-state index in [0.29, 0.717) is 0 Å². The van der Waals surface area contributed by atoms with E-state index in [1.165, 1.54) is 69.8 Å². The van der Waals surface area contributed by atoms with Gasteiger partial charge in [-0.15, -0.1) is 0 Å². The molecule has 0 amide bonds. The van der Waals surface area contributed by atoms with E-state index in [0.717, 1.165) is 12.1 Å². The maximum absolute atomic E-state index is 2.72. The molecule has 2 saturated carbocycles. The van der Waals surface area contributed by atoms with Crippen molar-refractivity contribution in [2.75, 3.05) is 7.05 Å². The fourth-order valence-electron chi connectivity index (χ4n) is 3.81. The Morgan fingerprint density at radius 1 is 0.714 bits per heavy atom. The van der Waals surface area contributed by atoms with Crippen LogP contribution < -0.4 is 0 Å². The number of aryl methyl sites for hydroxylation is 1. The molecule has 1 nitrogen and oxygen atoms in total. The first kappa shape index (κ1) is 16.5. The molecule has 118 valence electrons. The summed E-state index contributed by atoms with van der Waals surface area (Å²) in [7, 11) is 2.38. The topological polar surface area (TPSA) is 3.24 Å². The van der Waals surface area contributed by atoms with Crippen molar-refractivity contribution in [3.8, 4) is 0 Å². The lowest BCUT2D eigenvalue weighted by atomic mass is 9.89. The van der Waals surface area contributed by atoms with E-state index in [1.54, 1.807) is 0 Å². The summed E-state index contributed by atoms with van der Waals surface area (Å²) in [6, 6.07) is 12.1. The maximum Gasteiger partial charge on any atom is 0.00951 e. The van der Waals surface area contributed by atoms with Crippen LogP contribution in [0.25, 0.3) is 0 Å². The van der Waals surface area contributed by atoms with Gasteiger partial charge in [0.1, 0.15) is 0 Å². The average molecular weight is 287 g/mol. The van der Waals surface area contributed by atoms with E-state index < -0.39 is 0 Å². The molecule has 0 bridgehead atoms. The highest BCUT2D eigenvalue weighted by Crippen LogP contribution is 2.28. The van der Waals surface area contributed by atoms with Crippen LogP contribution in [-0.4, -0.2) is 24.0 Å². The second kappa shape index (κ2) is 9.25. The van der Waals surface area contributed by atoms with E-state index in [2.05, 4.69) is 31.0 Å². The van der Waals surface area contributed by atoms with Gasteiger partial charge in [-0.25, -0.2) is 0 Å². The zero-order valence-electron chi connectivity index (χ0n) is 14.1. The number of nitrogens with zero attached hydrogens (tertiary/aromatic N) is 1. The fraction of sp³-hybridized carbons (Fsp3) is 0.700. The third kappa shape index (κ3) is 5.82. The van der Waals surface area contributed by atoms with Crippen LogP contribution in [0.3, 0.4) is 0 Å². The van der Waals surface area contributed by atoms with Crippen molar-refractivity contribution in [2.45, 2.75) is 83.2 Å². The van der Waals surface area contributed by atoms with Crippen LogP contribution in [0.5, 0.6) is 0 Å². The quantitative estimate of drug-likeness (QED) is 0.686. The molecule has 0 aromatic heterocycles. The first-order valence-corrected chi connectivity index (χ1v) is 9.01. The third-order valence-electron chi connectivity index (χ3n) is 5.24. The monoisotopic (exact) mass is 287 g/mol. The molecule has 2 aliphatic carbocycles. The van der Waals surface area contributed by atoms with Crippen LogP contribution in [0.4, 0.5) is 0 Å². The Morgan fingerprint density at radius 3 is 1.48 bits per heavy atom. The lowest BCUT2D eigenvalue weighted by molar-refractivity contribution is 0.111. The molecule has 0 N–H and O–H groups in total. The van der Waals surface area contributed by atoms with E-state index >= 15 is 0 Å². The Balaban J connectivity index is 0.000000194. The van der Waals surface area contributed by atoms with E-state index in [4.69, 9.17) is 0 Å². The van der Waals surface area contributed by atoms with Crippen LogP contribution in [-0.2, 0) is 0 Å². The van der Waals surface area contributed by atoms with Gasteiger partial charge < -0.3 is 4.90 Å². The lowest BCUT2D eigenvalue weighted by Crippen LogP contribution is -2.42. The zero-order chi connectivity index (χ0) is 14.9. The van der Waals surface area contributed by atoms with Gasteiger partial charge in [0.2, 0.25) is 0 Å². The molecule has 2 aliphatic rings. The van der Waals surface area contributed by atoms with Crippen LogP contribution in [0, 0.1) is 6.92 Å². The van der Waals surface area contributed by atoms with Crippen molar-refractivity contribution in [2.24, 2.45) is 0 Å². The molecule has 0 heterocycles. The van der Waals surface area contributed by atoms with Crippen LogP contribution in [0.2, 0.25) is 0 Å². The second-order valence-electron chi connectivity index (χ2n) is 6.90. The van der Waals surface area contributed by atoms with Crippen molar-refractivity contribution >= 4 is 0 Å². The normalized spacial score (nSPS) is 20.9. The molecule has 2 fully saturated rings. The SMILES string of the molecule is CN(C1CCCCC1)C1CCCCC1.Cc1ccccc1. The molecule has 0 radical (unpaired) electrons. The van der Waals surface area contributed by atoms with Gasteiger partial charge >= 0.3 is 0 Å². The molecule has 1 aromatic rings. The summed E-state index contributed by atoms with van der Waals surface area (Å²) in [6.07, 6.45) is 14.7. The molecule has 0 unspecified atom stereocenters. The summed E-state index contributed by atoms with van der Waals surface area (Å²) in [4.78, 5) is 2.72. The number of hydrogen-bond acceptors (Lipinski definition) is 1. The molecule has 0 aliphatic heterocycles. The summed E-state index contributed by atoms with van der Waals surface area (Å²) in [5.74, 6) is 0. The number of benzene rings is 1. The van der Waals surface area contributed by atoms with E-state index in [-0.39, 0.29) is 0 Å². The molecule has 0 spiro atoms. The average Bonchev–Trinajstić information content (AvgIpc) is 2.57. The third-order valence-corrected chi connectivity index (χ3v) is 5.24. The van der Waals surface area contributed by atoms with Gasteiger partial charge in [0, 0.05) is 12.1 Å². The Labute approximate surface area is 131 Å². The first-order valence-electron chi connectivity index (χ1n) is 9.01. The van der Waals surface area contributed by atoms with Crippen molar-refractivity contribution < 1.29 is 0 Å². The Bertz CT molecular complexity index is 343. The van der Waals surface area contributed by atoms with Gasteiger partial charge in [0.25, 0.3) is 0 Å². The molecular formula is C20H33N. The zero-order valence-corrected chi connectivity index (χ0v) is 14.1. The van der Waals surface area contributed by atoms with Gasteiger partial charge in [-0.1, -0.05) is 74.4 Å². The molecular weight excluding hydrogens is 254 g/mol. The summed E-state index contributed by atoms with van der Waals surface area (Å²) < 4.78 is 0. The van der Waals surface area contributed by atoms with Gasteiger partial charge in [-0.2, -0.15) is 0 Å². The van der Waals surface area contributed by atoms with Gasteiger partial charge in [-0.05, 0) is 39.7 Å². The summed E-state index contributed by atoms with van der Waals surface area (Å²) in [5, 5.41) is 0. The molecule has 1 heteroatoms. The Morgan fingerprint density at radius 2 is 1.14 bits per heavy atom. The lowest BCUT2D eigenvalue weighted by Gasteiger charge is -2.39. The van der Waals surface area contributed by atoms with E-state index in [9.17, 15) is 0 Å². The van der Waals surface area contributed by atoms with Crippen molar-refractivity contribution in [1.29, 1.82) is 0 Å². The predicted octanol–water partition coefficient (Wildman–Crippen LogP) is 5.58. The smallest absolute Gasteiger partial charge is 0.00951 e. The highest BCUT2D eigenvalue weighted by Gasteiger charge is 2.25. The van der Waals surface area contributed by atoms with Gasteiger partial charge in [0.15, 0.2) is 0 Å². The van der Waals surface area contributed by atoms with Crippen molar-refractivity contribution in [3.05, 3.63) is 35.9 Å². The Hall–Kier alpha value is -0.820. The molecule has 3 rings (SSSR count). The van der Waals surface area contributed by atoms with Crippen molar-refractivity contribution in [1.82, 2.24) is 4.90 Å². The minimum Gasteiger partial charge on any atom is -0.300 e. The standard InChI is InChI=1S/C13H25N.C7H8/c1-14(12-8-4-2-5-9-12)13-10-6-3-7-11-13;1-7-5-3-2-4-6-7/h12-13H,2-11H2,1H3;2-6H,1H3. The van der Waals surface area contributed by atoms with Gasteiger partial charge in [0.05, 0.1) is 0 Å². The van der Waals surface area contributed by atoms with Crippen LogP contribution >= 0.6 is 0 Å². The van der Waals surface area contributed by atoms with Gasteiger partial charge in [-0.3, -0.25) is 0 Å². The summed E-state index contributed by atoms with van der Waals surface area (Å²) >= 11 is 0. The molecule has 21 heavy (non-hydrogen) atoms. The Kier molecular flexibility index (Phi) is 7.29. The number of rotatable bonds is 2. The summed E-state index contributed by atoms with van der Waals surface area (Å²) in [6.45, 7) is 2.08. The predicted molar refractivity (Wildman–Crippen MR) is 92.7 cm³/mol. The molecule has 0 atom stereocenters. The van der Waals surface area contributed by atoms with Crippen LogP contribution in [0.1, 0.15) is 69.8 Å². The van der Waals surface area contributed by atoms with Crippen LogP contribution in [0.15, 0.2) is 30.3 Å². The fourth-order valence-corrected chi connectivity index (χ4v) is 3.81. The highest BCUT2D eigenvalue weighted by molar-refractivity contribution is 5.11. The molecule has 1 aromatic carbocycles. The largest absolute Gasteiger partial charge is 0.300 e. The second-order valence-corrected chi connectivity index (χ2v) is 6.90. The molecule has 0 saturated heterocycles. The summed E-state index contributed by atoms with van der Waals surface area (Å²) in [5.41, 5.74) is 1.32. The van der Waals surface area contributed by atoms with Crippen molar-refractivity contribution in [3.63, 3.8) is 0 Å². The maximum atomic E-state index is 2.72.